The van der Waals surface area contributed by atoms with Crippen molar-refractivity contribution in [2.75, 3.05) is 6.61 Å². The summed E-state index contributed by atoms with van der Waals surface area (Å²) in [4.78, 5) is 0. The molecule has 0 bridgehead atoms. The van der Waals surface area contributed by atoms with E-state index >= 15 is 0 Å². The first kappa shape index (κ1) is 12.0. The van der Waals surface area contributed by atoms with E-state index in [9.17, 15) is 0 Å². The second-order valence-corrected chi connectivity index (χ2v) is 4.78. The summed E-state index contributed by atoms with van der Waals surface area (Å²) in [6, 6.07) is 0. The van der Waals surface area contributed by atoms with Gasteiger partial charge in [-0.2, -0.15) is 0 Å². The van der Waals surface area contributed by atoms with Gasteiger partial charge in [0.15, 0.2) is 6.29 Å². The Morgan fingerprint density at radius 3 is 2.64 bits per heavy atom. The topological polar surface area (TPSA) is 18.5 Å². The Hall–Kier alpha value is -0.0800. The second-order valence-electron chi connectivity index (χ2n) is 4.78. The van der Waals surface area contributed by atoms with E-state index in [1.54, 1.807) is 0 Å². The van der Waals surface area contributed by atoms with Crippen molar-refractivity contribution in [3.8, 4) is 0 Å². The van der Waals surface area contributed by atoms with Gasteiger partial charge in [0.25, 0.3) is 0 Å². The van der Waals surface area contributed by atoms with E-state index in [1.807, 2.05) is 0 Å². The Morgan fingerprint density at radius 2 is 2.07 bits per heavy atom. The molecule has 0 radical (unpaired) electrons. The first-order valence-corrected chi connectivity index (χ1v) is 5.93. The van der Waals surface area contributed by atoms with Gasteiger partial charge < -0.3 is 9.47 Å². The molecule has 1 unspecified atom stereocenters. The van der Waals surface area contributed by atoms with Crippen molar-refractivity contribution in [3.05, 3.63) is 0 Å². The van der Waals surface area contributed by atoms with Crippen LogP contribution in [0.25, 0.3) is 0 Å². The molecule has 0 aromatic carbocycles. The molecule has 0 saturated carbocycles. The summed E-state index contributed by atoms with van der Waals surface area (Å²) in [6.07, 6.45) is 7.30. The predicted octanol–water partition coefficient (Wildman–Crippen LogP) is 3.50. The lowest BCUT2D eigenvalue weighted by atomic mass is 10.1. The molecule has 2 nitrogen and oxygen atoms in total. The highest BCUT2D eigenvalue weighted by Gasteiger charge is 2.31. The Morgan fingerprint density at radius 1 is 1.29 bits per heavy atom. The van der Waals surface area contributed by atoms with Crippen LogP contribution < -0.4 is 0 Å². The Bertz CT molecular complexity index is 154. The van der Waals surface area contributed by atoms with Gasteiger partial charge in [0.05, 0.1) is 5.60 Å². The molecule has 14 heavy (non-hydrogen) atoms. The van der Waals surface area contributed by atoms with Gasteiger partial charge in [-0.1, -0.05) is 26.2 Å². The summed E-state index contributed by atoms with van der Waals surface area (Å²) in [5.41, 5.74) is 0.0358. The zero-order valence-corrected chi connectivity index (χ0v) is 9.84. The van der Waals surface area contributed by atoms with Gasteiger partial charge in [-0.25, -0.2) is 0 Å². The van der Waals surface area contributed by atoms with E-state index in [2.05, 4.69) is 20.8 Å². The van der Waals surface area contributed by atoms with E-state index in [-0.39, 0.29) is 11.9 Å². The third kappa shape index (κ3) is 4.43. The molecule has 1 atom stereocenters. The van der Waals surface area contributed by atoms with Gasteiger partial charge >= 0.3 is 0 Å². The standard InChI is InChI=1S/C12H24O2/c1-4-5-6-7-10-13-11-8-9-12(2,3)14-11/h11H,4-10H2,1-3H3. The number of unbranched alkanes of at least 4 members (excludes halogenated alkanes) is 3. The van der Waals surface area contributed by atoms with E-state index in [4.69, 9.17) is 9.47 Å². The molecule has 84 valence electrons. The molecular formula is C12H24O2. The zero-order chi connectivity index (χ0) is 10.4. The third-order valence-corrected chi connectivity index (χ3v) is 2.73. The highest BCUT2D eigenvalue weighted by atomic mass is 16.7. The second kappa shape index (κ2) is 5.72. The molecule has 1 heterocycles. The van der Waals surface area contributed by atoms with E-state index < -0.39 is 0 Å². The average Bonchev–Trinajstić information content (AvgIpc) is 2.45. The van der Waals surface area contributed by atoms with Crippen molar-refractivity contribution < 1.29 is 9.47 Å². The number of rotatable bonds is 6. The van der Waals surface area contributed by atoms with Crippen LogP contribution in [-0.4, -0.2) is 18.5 Å². The molecule has 2 heteroatoms. The highest BCUT2D eigenvalue weighted by Crippen LogP contribution is 2.29. The molecule has 1 fully saturated rings. The monoisotopic (exact) mass is 200 g/mol. The summed E-state index contributed by atoms with van der Waals surface area (Å²) < 4.78 is 11.4. The predicted molar refractivity (Wildman–Crippen MR) is 58.3 cm³/mol. The van der Waals surface area contributed by atoms with Crippen LogP contribution in [0.15, 0.2) is 0 Å². The largest absolute Gasteiger partial charge is 0.353 e. The first-order chi connectivity index (χ1) is 6.64. The van der Waals surface area contributed by atoms with Gasteiger partial charge in [0, 0.05) is 13.0 Å². The SMILES string of the molecule is CCCCCCOC1CCC(C)(C)O1. The van der Waals surface area contributed by atoms with Crippen LogP contribution in [0.2, 0.25) is 0 Å². The smallest absolute Gasteiger partial charge is 0.158 e. The lowest BCUT2D eigenvalue weighted by molar-refractivity contribution is -0.158. The van der Waals surface area contributed by atoms with Crippen LogP contribution in [0.4, 0.5) is 0 Å². The maximum atomic E-state index is 5.73. The molecule has 0 amide bonds. The quantitative estimate of drug-likeness (QED) is 0.611. The van der Waals surface area contributed by atoms with Gasteiger partial charge in [0.1, 0.15) is 0 Å². The molecule has 1 rings (SSSR count). The lowest BCUT2D eigenvalue weighted by Crippen LogP contribution is -2.21. The lowest BCUT2D eigenvalue weighted by Gasteiger charge is -2.19. The van der Waals surface area contributed by atoms with Crippen molar-refractivity contribution in [3.63, 3.8) is 0 Å². The van der Waals surface area contributed by atoms with Gasteiger partial charge in [-0.05, 0) is 26.7 Å². The third-order valence-electron chi connectivity index (χ3n) is 2.73. The zero-order valence-electron chi connectivity index (χ0n) is 9.84. The van der Waals surface area contributed by atoms with Crippen molar-refractivity contribution in [1.29, 1.82) is 0 Å². The molecule has 0 aromatic heterocycles. The maximum absolute atomic E-state index is 5.73. The molecule has 0 N–H and O–H groups in total. The minimum atomic E-state index is 0.0358. The van der Waals surface area contributed by atoms with Crippen LogP contribution in [0.3, 0.4) is 0 Å². The van der Waals surface area contributed by atoms with E-state index in [1.165, 1.54) is 25.7 Å². The summed E-state index contributed by atoms with van der Waals surface area (Å²) in [6.45, 7) is 7.35. The van der Waals surface area contributed by atoms with Crippen molar-refractivity contribution in [2.45, 2.75) is 71.2 Å². The van der Waals surface area contributed by atoms with Crippen LogP contribution >= 0.6 is 0 Å². The fourth-order valence-electron chi connectivity index (χ4n) is 1.80. The Labute approximate surface area is 88.0 Å². The number of ether oxygens (including phenoxy) is 2. The minimum absolute atomic E-state index is 0.0358. The molecular weight excluding hydrogens is 176 g/mol. The minimum Gasteiger partial charge on any atom is -0.353 e. The Kier molecular flexibility index (Phi) is 4.90. The van der Waals surface area contributed by atoms with E-state index in [0.717, 1.165) is 19.4 Å². The van der Waals surface area contributed by atoms with Crippen molar-refractivity contribution in [1.82, 2.24) is 0 Å². The Balaban J connectivity index is 1.98. The summed E-state index contributed by atoms with van der Waals surface area (Å²) >= 11 is 0. The molecule has 0 aromatic rings. The summed E-state index contributed by atoms with van der Waals surface area (Å²) in [5, 5.41) is 0. The molecule has 1 aliphatic heterocycles. The average molecular weight is 200 g/mol. The van der Waals surface area contributed by atoms with Crippen molar-refractivity contribution in [2.24, 2.45) is 0 Å². The molecule has 1 aliphatic rings. The number of hydrogen-bond donors (Lipinski definition) is 0. The normalized spacial score (nSPS) is 25.5. The first-order valence-electron chi connectivity index (χ1n) is 5.93. The van der Waals surface area contributed by atoms with Crippen LogP contribution in [0.5, 0.6) is 0 Å². The fraction of sp³-hybridized carbons (Fsp3) is 1.00. The van der Waals surface area contributed by atoms with Gasteiger partial charge in [0.2, 0.25) is 0 Å². The number of hydrogen-bond acceptors (Lipinski definition) is 2. The fourth-order valence-corrected chi connectivity index (χ4v) is 1.80. The molecule has 1 saturated heterocycles. The van der Waals surface area contributed by atoms with E-state index in [0.29, 0.717) is 0 Å². The molecule has 0 aliphatic carbocycles. The summed E-state index contributed by atoms with van der Waals surface area (Å²) in [5.74, 6) is 0. The van der Waals surface area contributed by atoms with Gasteiger partial charge in [-0.3, -0.25) is 0 Å². The highest BCUT2D eigenvalue weighted by molar-refractivity contribution is 4.76. The van der Waals surface area contributed by atoms with Crippen LogP contribution in [-0.2, 0) is 9.47 Å². The summed E-state index contributed by atoms with van der Waals surface area (Å²) in [7, 11) is 0. The molecule has 0 spiro atoms. The van der Waals surface area contributed by atoms with Crippen LogP contribution in [0.1, 0.15) is 59.3 Å². The maximum Gasteiger partial charge on any atom is 0.158 e. The van der Waals surface area contributed by atoms with Crippen LogP contribution in [0, 0.1) is 0 Å². The van der Waals surface area contributed by atoms with Gasteiger partial charge in [-0.15, -0.1) is 0 Å². The van der Waals surface area contributed by atoms with Crippen molar-refractivity contribution >= 4 is 0 Å².